The van der Waals surface area contributed by atoms with Crippen LogP contribution in [0.2, 0.25) is 0 Å². The summed E-state index contributed by atoms with van der Waals surface area (Å²) in [6.07, 6.45) is 4.17. The molecule has 5 rings (SSSR count). The van der Waals surface area contributed by atoms with Gasteiger partial charge in [-0.25, -0.2) is 9.78 Å². The van der Waals surface area contributed by atoms with Crippen LogP contribution in [-0.2, 0) is 26.3 Å². The summed E-state index contributed by atoms with van der Waals surface area (Å²) in [5.41, 5.74) is 7.50. The zero-order chi connectivity index (χ0) is 22.9. The molecular formula is C28H29N4O+. The second-order valence-electron chi connectivity index (χ2n) is 8.74. The monoisotopic (exact) mass is 437 g/mol. The van der Waals surface area contributed by atoms with Crippen LogP contribution in [0.15, 0.2) is 72.9 Å². The van der Waals surface area contributed by atoms with Crippen LogP contribution < -0.4 is 9.88 Å². The van der Waals surface area contributed by atoms with Crippen LogP contribution in [-0.4, -0.2) is 21.5 Å². The molecule has 0 bridgehead atoms. The Morgan fingerprint density at radius 2 is 1.73 bits per heavy atom. The highest BCUT2D eigenvalue weighted by Crippen LogP contribution is 2.26. The second-order valence-corrected chi connectivity index (χ2v) is 8.74. The first-order valence-corrected chi connectivity index (χ1v) is 11.5. The number of hydrogen-bond donors (Lipinski definition) is 1. The molecule has 4 aromatic rings. The van der Waals surface area contributed by atoms with Crippen molar-refractivity contribution in [2.75, 3.05) is 5.32 Å². The molecule has 0 saturated carbocycles. The number of rotatable bonds is 6. The van der Waals surface area contributed by atoms with Gasteiger partial charge in [0.05, 0.1) is 0 Å². The minimum Gasteiger partial charge on any atom is -0.351 e. The van der Waals surface area contributed by atoms with E-state index in [9.17, 15) is 4.79 Å². The van der Waals surface area contributed by atoms with Crippen LogP contribution in [0, 0.1) is 6.92 Å². The van der Waals surface area contributed by atoms with Crippen molar-refractivity contribution in [3.8, 4) is 11.3 Å². The molecule has 0 saturated heterocycles. The van der Waals surface area contributed by atoms with Crippen LogP contribution in [0.3, 0.4) is 0 Å². The minimum absolute atomic E-state index is 0.0656. The van der Waals surface area contributed by atoms with Crippen molar-refractivity contribution in [3.63, 3.8) is 0 Å². The zero-order valence-electron chi connectivity index (χ0n) is 19.4. The van der Waals surface area contributed by atoms with E-state index in [2.05, 4.69) is 67.2 Å². The molecule has 1 aliphatic heterocycles. The molecule has 1 aliphatic rings. The quantitative estimate of drug-likeness (QED) is 0.452. The van der Waals surface area contributed by atoms with Gasteiger partial charge in [0.15, 0.2) is 0 Å². The minimum atomic E-state index is -0.313. The highest BCUT2D eigenvalue weighted by atomic mass is 16.2. The maximum atomic E-state index is 13.5. The lowest BCUT2D eigenvalue weighted by Gasteiger charge is -2.09. The molecule has 33 heavy (non-hydrogen) atoms. The third-order valence-electron chi connectivity index (χ3n) is 6.61. The van der Waals surface area contributed by atoms with E-state index in [1.54, 1.807) is 4.57 Å². The van der Waals surface area contributed by atoms with Gasteiger partial charge in [-0.1, -0.05) is 61.5 Å². The zero-order valence-corrected chi connectivity index (χ0v) is 19.4. The second kappa shape index (κ2) is 8.66. The third kappa shape index (κ3) is 3.95. The number of carbonyl (C=O) groups is 1. The molecule has 0 amide bonds. The van der Waals surface area contributed by atoms with E-state index in [1.807, 2.05) is 36.5 Å². The fourth-order valence-corrected chi connectivity index (χ4v) is 4.68. The van der Waals surface area contributed by atoms with Crippen LogP contribution in [0.1, 0.15) is 39.9 Å². The molecule has 2 aromatic carbocycles. The summed E-state index contributed by atoms with van der Waals surface area (Å²) in [4.78, 5) is 18.6. The summed E-state index contributed by atoms with van der Waals surface area (Å²) >= 11 is 0. The summed E-state index contributed by atoms with van der Waals surface area (Å²) in [6, 6.07) is 22.4. The molecule has 166 valence electrons. The summed E-state index contributed by atoms with van der Waals surface area (Å²) in [5.74, 6) is 0.868. The standard InChI is InChI=1S/C28H28N4O/c1-4-21-14-15-22(31(21)3)17-25-28(33)32-18-26(23-13-9-8-10-19(23)2)29-24(27(32)30-25)16-20-11-6-5-7-12-20/h5-15,18,25H,4,16-17H2,1-3H3/p+1. The first-order chi connectivity index (χ1) is 16.0. The molecule has 0 spiro atoms. The smallest absolute Gasteiger partial charge is 0.351 e. The normalized spacial score (nSPS) is 14.9. The van der Waals surface area contributed by atoms with Gasteiger partial charge in [-0.3, -0.25) is 5.32 Å². The fourth-order valence-electron chi connectivity index (χ4n) is 4.68. The van der Waals surface area contributed by atoms with Gasteiger partial charge in [-0.15, -0.1) is 0 Å². The molecule has 1 unspecified atom stereocenters. The summed E-state index contributed by atoms with van der Waals surface area (Å²) < 4.78 is 3.98. The van der Waals surface area contributed by atoms with E-state index >= 15 is 0 Å². The Labute approximate surface area is 194 Å². The SMILES string of the molecule is CCc1ccc(CC2Nc3c(Cc4ccccc4)nc(-c4ccccc4C)c[n+]3C2=O)n1C. The van der Waals surface area contributed by atoms with Crippen LogP contribution >= 0.6 is 0 Å². The number of nitrogens with one attached hydrogen (secondary N) is 1. The average molecular weight is 438 g/mol. The first kappa shape index (κ1) is 21.1. The van der Waals surface area contributed by atoms with Gasteiger partial charge >= 0.3 is 11.7 Å². The average Bonchev–Trinajstić information content (AvgIpc) is 3.34. The van der Waals surface area contributed by atoms with E-state index in [4.69, 9.17) is 4.98 Å². The van der Waals surface area contributed by atoms with Gasteiger partial charge < -0.3 is 4.57 Å². The Morgan fingerprint density at radius 1 is 1.00 bits per heavy atom. The molecule has 1 N–H and O–H groups in total. The Kier molecular flexibility index (Phi) is 5.55. The van der Waals surface area contributed by atoms with E-state index in [1.165, 1.54) is 11.3 Å². The fraction of sp³-hybridized carbons (Fsp3) is 0.250. The molecule has 1 atom stereocenters. The van der Waals surface area contributed by atoms with Crippen LogP contribution in [0.25, 0.3) is 11.3 Å². The Morgan fingerprint density at radius 3 is 2.45 bits per heavy atom. The number of carbonyl (C=O) groups excluding carboxylic acids is 1. The van der Waals surface area contributed by atoms with E-state index in [0.29, 0.717) is 12.8 Å². The summed E-state index contributed by atoms with van der Waals surface area (Å²) in [7, 11) is 2.08. The van der Waals surface area contributed by atoms with Crippen molar-refractivity contribution in [2.24, 2.45) is 7.05 Å². The van der Waals surface area contributed by atoms with E-state index in [-0.39, 0.29) is 11.9 Å². The Hall–Kier alpha value is -3.73. The van der Waals surface area contributed by atoms with Crippen LogP contribution in [0.5, 0.6) is 0 Å². The predicted molar refractivity (Wildman–Crippen MR) is 130 cm³/mol. The Balaban J connectivity index is 1.55. The maximum Gasteiger partial charge on any atom is 0.359 e. The number of fused-ring (bicyclic) bond motifs is 1. The van der Waals surface area contributed by atoms with Crippen molar-refractivity contribution < 1.29 is 9.36 Å². The van der Waals surface area contributed by atoms with Crippen molar-refractivity contribution >= 4 is 11.7 Å². The molecular weight excluding hydrogens is 408 g/mol. The van der Waals surface area contributed by atoms with Gasteiger partial charge in [-0.05, 0) is 36.6 Å². The largest absolute Gasteiger partial charge is 0.359 e. The number of aryl methyl sites for hydroxylation is 2. The van der Waals surface area contributed by atoms with E-state index < -0.39 is 0 Å². The predicted octanol–water partition coefficient (Wildman–Crippen LogP) is 4.51. The van der Waals surface area contributed by atoms with Crippen molar-refractivity contribution in [2.45, 2.75) is 39.2 Å². The van der Waals surface area contributed by atoms with Crippen LogP contribution in [0.4, 0.5) is 5.82 Å². The lowest BCUT2D eigenvalue weighted by atomic mass is 10.1. The van der Waals surface area contributed by atoms with Gasteiger partial charge in [0.1, 0.15) is 17.6 Å². The molecule has 0 radical (unpaired) electrons. The van der Waals surface area contributed by atoms with E-state index in [0.717, 1.165) is 40.4 Å². The van der Waals surface area contributed by atoms with Gasteiger partial charge in [0.25, 0.3) is 0 Å². The van der Waals surface area contributed by atoms with Crippen molar-refractivity contribution in [3.05, 3.63) is 101 Å². The van der Waals surface area contributed by atoms with Crippen molar-refractivity contribution in [1.29, 1.82) is 0 Å². The number of aromatic nitrogens is 3. The van der Waals surface area contributed by atoms with Gasteiger partial charge in [-0.2, -0.15) is 4.57 Å². The first-order valence-electron chi connectivity index (χ1n) is 11.5. The highest BCUT2D eigenvalue weighted by Gasteiger charge is 2.41. The molecule has 3 heterocycles. The third-order valence-corrected chi connectivity index (χ3v) is 6.61. The van der Waals surface area contributed by atoms with Crippen molar-refractivity contribution in [1.82, 2.24) is 9.55 Å². The summed E-state index contributed by atoms with van der Waals surface area (Å²) in [5, 5.41) is 3.51. The highest BCUT2D eigenvalue weighted by molar-refractivity contribution is 5.83. The lowest BCUT2D eigenvalue weighted by molar-refractivity contribution is -0.552. The topological polar surface area (TPSA) is 50.8 Å². The molecule has 5 nitrogen and oxygen atoms in total. The Bertz CT molecular complexity index is 1320. The number of hydrogen-bond acceptors (Lipinski definition) is 3. The molecule has 5 heteroatoms. The number of benzene rings is 2. The lowest BCUT2D eigenvalue weighted by Crippen LogP contribution is -2.44. The number of nitrogens with zero attached hydrogens (tertiary/aromatic N) is 3. The maximum absolute atomic E-state index is 13.5. The molecule has 2 aromatic heterocycles. The summed E-state index contributed by atoms with van der Waals surface area (Å²) in [6.45, 7) is 4.23. The molecule has 0 aliphatic carbocycles. The van der Waals surface area contributed by atoms with Gasteiger partial charge in [0, 0.05) is 36.8 Å². The molecule has 0 fully saturated rings. The van der Waals surface area contributed by atoms with Gasteiger partial charge in [0.2, 0.25) is 6.04 Å². The number of anilines is 1.